The fraction of sp³-hybridized carbons (Fsp3) is 0.0500. The summed E-state index contributed by atoms with van der Waals surface area (Å²) in [6.07, 6.45) is 4.94. The Hall–Kier alpha value is -3.72. The van der Waals surface area contributed by atoms with Crippen LogP contribution in [0.4, 0.5) is 4.39 Å². The number of aliphatic imine (C=N–C) groups is 1. The molecule has 1 heterocycles. The first-order valence-electron chi connectivity index (χ1n) is 7.73. The van der Waals surface area contributed by atoms with Crippen LogP contribution < -0.4 is 0 Å². The van der Waals surface area contributed by atoms with Crippen LogP contribution in [0.3, 0.4) is 0 Å². The average Bonchev–Trinajstić information content (AvgIpc) is 2.91. The van der Waals surface area contributed by atoms with Crippen molar-refractivity contribution in [2.75, 3.05) is 7.05 Å². The van der Waals surface area contributed by atoms with E-state index in [1.165, 1.54) is 23.1 Å². The first kappa shape index (κ1) is 17.1. The number of aromatic hydroxyl groups is 1. The Balaban J connectivity index is 1.85. The molecule has 0 aromatic heterocycles. The molecule has 26 heavy (non-hydrogen) atoms. The number of phenols is 1. The molecule has 0 bridgehead atoms. The van der Waals surface area contributed by atoms with Gasteiger partial charge in [0.2, 0.25) is 0 Å². The number of rotatable bonds is 3. The minimum absolute atomic E-state index is 0.178. The summed E-state index contributed by atoms with van der Waals surface area (Å²) in [7, 11) is 1.60. The lowest BCUT2D eigenvalue weighted by Crippen LogP contribution is -2.26. The highest BCUT2D eigenvalue weighted by atomic mass is 19.1. The van der Waals surface area contributed by atoms with Crippen molar-refractivity contribution in [3.8, 4) is 11.8 Å². The second-order valence-corrected chi connectivity index (χ2v) is 5.64. The Bertz CT molecular complexity index is 999. The second kappa shape index (κ2) is 7.03. The molecule has 1 N–H and O–H groups in total. The molecule has 3 rings (SSSR count). The van der Waals surface area contributed by atoms with Gasteiger partial charge in [0.15, 0.2) is 11.6 Å². The third-order valence-corrected chi connectivity index (χ3v) is 3.84. The molecule has 2 aromatic carbocycles. The summed E-state index contributed by atoms with van der Waals surface area (Å²) in [4.78, 5) is 18.0. The fourth-order valence-corrected chi connectivity index (χ4v) is 2.38. The summed E-state index contributed by atoms with van der Waals surface area (Å²) < 4.78 is 13.4. The van der Waals surface area contributed by atoms with E-state index in [2.05, 4.69) is 11.1 Å². The molecule has 0 fully saturated rings. The molecular formula is C20H14FN3O2. The minimum atomic E-state index is -0.761. The summed E-state index contributed by atoms with van der Waals surface area (Å²) in [6.45, 7) is 0. The molecule has 128 valence electrons. The maximum Gasteiger partial charge on any atom is 0.277 e. The highest BCUT2D eigenvalue weighted by Gasteiger charge is 2.25. The highest BCUT2D eigenvalue weighted by molar-refractivity contribution is 6.18. The zero-order valence-corrected chi connectivity index (χ0v) is 13.8. The van der Waals surface area contributed by atoms with E-state index in [1.54, 1.807) is 43.5 Å². The van der Waals surface area contributed by atoms with Gasteiger partial charge in [0.05, 0.1) is 11.6 Å². The third-order valence-electron chi connectivity index (χ3n) is 3.84. The summed E-state index contributed by atoms with van der Waals surface area (Å²) in [6, 6.07) is 12.9. The predicted octanol–water partition coefficient (Wildman–Crippen LogP) is 3.33. The van der Waals surface area contributed by atoms with E-state index in [0.29, 0.717) is 17.0 Å². The molecule has 2 aromatic rings. The number of phenolic OH excluding ortho intramolecular Hbond substituents is 1. The van der Waals surface area contributed by atoms with Gasteiger partial charge in [0, 0.05) is 7.05 Å². The van der Waals surface area contributed by atoms with Crippen LogP contribution in [-0.4, -0.2) is 28.8 Å². The van der Waals surface area contributed by atoms with E-state index in [-0.39, 0.29) is 11.6 Å². The number of benzene rings is 2. The zero-order valence-electron chi connectivity index (χ0n) is 13.8. The lowest BCUT2D eigenvalue weighted by atomic mass is 10.1. The number of likely N-dealkylation sites (N-methyl/N-ethyl adjacent to an activating group) is 1. The lowest BCUT2D eigenvalue weighted by molar-refractivity contribution is -0.121. The van der Waals surface area contributed by atoms with Crippen molar-refractivity contribution >= 4 is 23.9 Å². The van der Waals surface area contributed by atoms with Crippen molar-refractivity contribution in [2.45, 2.75) is 0 Å². The number of nitrogens with zero attached hydrogens (tertiary/aromatic N) is 3. The predicted molar refractivity (Wildman–Crippen MR) is 96.4 cm³/mol. The number of hydrogen-bond donors (Lipinski definition) is 1. The molecule has 1 amide bonds. The topological polar surface area (TPSA) is 76.7 Å². The quantitative estimate of drug-likeness (QED) is 0.865. The van der Waals surface area contributed by atoms with E-state index in [0.717, 1.165) is 11.6 Å². The van der Waals surface area contributed by atoms with Gasteiger partial charge in [-0.25, -0.2) is 9.38 Å². The van der Waals surface area contributed by atoms with Crippen LogP contribution in [0.5, 0.6) is 5.75 Å². The molecule has 0 aliphatic carbocycles. The summed E-state index contributed by atoms with van der Waals surface area (Å²) in [5.41, 5.74) is 2.04. The standard InChI is InChI=1S/C20H14FN3O2/c1-24-19(9-7-13-2-4-14(12-22)5-3-13)23-17(20(24)26)11-15-6-8-18(25)16(21)10-15/h2-11,25H,1H3/b9-7+,17-11-. The van der Waals surface area contributed by atoms with Gasteiger partial charge in [0.1, 0.15) is 11.5 Å². The summed E-state index contributed by atoms with van der Waals surface area (Å²) >= 11 is 0. The van der Waals surface area contributed by atoms with E-state index >= 15 is 0 Å². The van der Waals surface area contributed by atoms with Crippen molar-refractivity contribution < 1.29 is 14.3 Å². The number of halogens is 1. The van der Waals surface area contributed by atoms with Crippen molar-refractivity contribution in [3.05, 3.63) is 76.7 Å². The molecule has 5 nitrogen and oxygen atoms in total. The third kappa shape index (κ3) is 3.52. The number of carbonyl (C=O) groups is 1. The summed E-state index contributed by atoms with van der Waals surface area (Å²) in [5.74, 6) is -1.07. The van der Waals surface area contributed by atoms with Crippen LogP contribution >= 0.6 is 0 Å². The SMILES string of the molecule is CN1C(=O)/C(=C/c2ccc(O)c(F)c2)N=C1/C=C/c1ccc(C#N)cc1. The smallest absolute Gasteiger partial charge is 0.277 e. The Labute approximate surface area is 149 Å². The van der Waals surface area contributed by atoms with Crippen LogP contribution in [0.25, 0.3) is 12.2 Å². The molecule has 0 spiro atoms. The molecule has 0 saturated heterocycles. The largest absolute Gasteiger partial charge is 0.505 e. The van der Waals surface area contributed by atoms with Crippen LogP contribution in [-0.2, 0) is 4.79 Å². The lowest BCUT2D eigenvalue weighted by Gasteiger charge is -2.07. The number of nitriles is 1. The first-order chi connectivity index (χ1) is 12.5. The highest BCUT2D eigenvalue weighted by Crippen LogP contribution is 2.21. The maximum absolute atomic E-state index is 13.4. The van der Waals surface area contributed by atoms with Gasteiger partial charge in [-0.2, -0.15) is 5.26 Å². The van der Waals surface area contributed by atoms with Gasteiger partial charge in [0.25, 0.3) is 5.91 Å². The van der Waals surface area contributed by atoms with E-state index in [4.69, 9.17) is 5.26 Å². The van der Waals surface area contributed by atoms with Crippen molar-refractivity contribution in [2.24, 2.45) is 4.99 Å². The average molecular weight is 347 g/mol. The molecule has 0 radical (unpaired) electrons. The van der Waals surface area contributed by atoms with Crippen LogP contribution in [0.2, 0.25) is 0 Å². The Kier molecular flexibility index (Phi) is 4.63. The van der Waals surface area contributed by atoms with Gasteiger partial charge in [-0.3, -0.25) is 9.69 Å². The van der Waals surface area contributed by atoms with Gasteiger partial charge < -0.3 is 5.11 Å². The van der Waals surface area contributed by atoms with E-state index < -0.39 is 11.6 Å². The number of amidine groups is 1. The Morgan fingerprint density at radius 3 is 2.50 bits per heavy atom. The molecule has 0 saturated carbocycles. The number of hydrogen-bond acceptors (Lipinski definition) is 4. The molecular weight excluding hydrogens is 333 g/mol. The minimum Gasteiger partial charge on any atom is -0.505 e. The number of carbonyl (C=O) groups excluding carboxylic acids is 1. The van der Waals surface area contributed by atoms with Crippen molar-refractivity contribution in [3.63, 3.8) is 0 Å². The summed E-state index contributed by atoms with van der Waals surface area (Å²) in [5, 5.41) is 18.0. The van der Waals surface area contributed by atoms with Gasteiger partial charge >= 0.3 is 0 Å². The van der Waals surface area contributed by atoms with Gasteiger partial charge in [-0.1, -0.05) is 24.3 Å². The Morgan fingerprint density at radius 2 is 1.85 bits per heavy atom. The van der Waals surface area contributed by atoms with Crippen LogP contribution in [0, 0.1) is 17.1 Å². The van der Waals surface area contributed by atoms with E-state index in [1.807, 2.05) is 0 Å². The molecule has 0 unspecified atom stereocenters. The second-order valence-electron chi connectivity index (χ2n) is 5.64. The fourth-order valence-electron chi connectivity index (χ4n) is 2.38. The Morgan fingerprint density at radius 1 is 1.15 bits per heavy atom. The van der Waals surface area contributed by atoms with Crippen molar-refractivity contribution in [1.29, 1.82) is 5.26 Å². The normalized spacial score (nSPS) is 15.6. The monoisotopic (exact) mass is 347 g/mol. The zero-order chi connectivity index (χ0) is 18.7. The van der Waals surface area contributed by atoms with Crippen LogP contribution in [0.15, 0.2) is 59.2 Å². The van der Waals surface area contributed by atoms with Crippen molar-refractivity contribution in [1.82, 2.24) is 4.90 Å². The van der Waals surface area contributed by atoms with Crippen LogP contribution in [0.1, 0.15) is 16.7 Å². The molecule has 6 heteroatoms. The molecule has 1 aliphatic rings. The van der Waals surface area contributed by atoms with Gasteiger partial charge in [-0.05, 0) is 47.5 Å². The maximum atomic E-state index is 13.4. The van der Waals surface area contributed by atoms with E-state index in [9.17, 15) is 14.3 Å². The van der Waals surface area contributed by atoms with Gasteiger partial charge in [-0.15, -0.1) is 0 Å². The first-order valence-corrected chi connectivity index (χ1v) is 7.73. The molecule has 0 atom stereocenters. The number of amides is 1. The molecule has 1 aliphatic heterocycles.